The Morgan fingerprint density at radius 3 is 2.21 bits per heavy atom. The summed E-state index contributed by atoms with van der Waals surface area (Å²) in [7, 11) is 4.55. The Hall–Kier alpha value is -4.35. The molecule has 0 fully saturated rings. The summed E-state index contributed by atoms with van der Waals surface area (Å²) < 4.78 is 43.3. The number of esters is 1. The molecule has 5 rings (SSSR count). The predicted octanol–water partition coefficient (Wildman–Crippen LogP) is 5.69. The molecule has 0 bridgehead atoms. The van der Waals surface area contributed by atoms with Crippen molar-refractivity contribution in [2.75, 3.05) is 21.3 Å². The highest BCUT2D eigenvalue weighted by Gasteiger charge is 2.50. The minimum absolute atomic E-state index is 0.0902. The molecule has 0 radical (unpaired) electrons. The van der Waals surface area contributed by atoms with Crippen LogP contribution in [0.25, 0.3) is 16.6 Å². The Balaban J connectivity index is 1.73. The molecule has 0 saturated carbocycles. The molecule has 1 aliphatic rings. The van der Waals surface area contributed by atoms with Gasteiger partial charge in [0, 0.05) is 18.1 Å². The number of benzene rings is 3. The summed E-state index contributed by atoms with van der Waals surface area (Å²) in [4.78, 5) is 13.7. The van der Waals surface area contributed by atoms with E-state index < -0.39 is 11.8 Å². The molecule has 226 valence electrons. The SMILES string of the molecule is COc1ccc(C2(O)OC(=O)C(c3ccc4nsnc4c3)=C2Cc2cc(OC)c(OC(C)C)c(OC(C)C)c2)c(OC)c1. The smallest absolute Gasteiger partial charge is 0.342 e. The molecule has 1 N–H and O–H groups in total. The Morgan fingerprint density at radius 2 is 1.53 bits per heavy atom. The van der Waals surface area contributed by atoms with Crippen molar-refractivity contribution in [2.24, 2.45) is 0 Å². The van der Waals surface area contributed by atoms with Gasteiger partial charge in [-0.3, -0.25) is 0 Å². The lowest BCUT2D eigenvalue weighted by atomic mass is 9.87. The van der Waals surface area contributed by atoms with Gasteiger partial charge in [0.2, 0.25) is 5.75 Å². The average molecular weight is 607 g/mol. The van der Waals surface area contributed by atoms with Gasteiger partial charge in [-0.1, -0.05) is 6.07 Å². The highest BCUT2D eigenvalue weighted by Crippen LogP contribution is 2.49. The van der Waals surface area contributed by atoms with Gasteiger partial charge in [0.15, 0.2) is 11.5 Å². The number of aromatic nitrogens is 2. The largest absolute Gasteiger partial charge is 0.497 e. The van der Waals surface area contributed by atoms with Gasteiger partial charge in [0.05, 0.1) is 56.4 Å². The molecule has 10 nitrogen and oxygen atoms in total. The zero-order valence-corrected chi connectivity index (χ0v) is 25.9. The minimum atomic E-state index is -2.17. The number of methoxy groups -OCH3 is 3. The predicted molar refractivity (Wildman–Crippen MR) is 162 cm³/mol. The molecule has 1 atom stereocenters. The molecule has 1 aliphatic heterocycles. The fraction of sp³-hybridized carbons (Fsp3) is 0.344. The lowest BCUT2D eigenvalue weighted by Gasteiger charge is -2.28. The molecule has 3 aromatic carbocycles. The molecule has 0 aliphatic carbocycles. The van der Waals surface area contributed by atoms with Gasteiger partial charge in [-0.05, 0) is 75.2 Å². The first kappa shape index (κ1) is 30.1. The van der Waals surface area contributed by atoms with Crippen molar-refractivity contribution in [3.05, 3.63) is 70.8 Å². The van der Waals surface area contributed by atoms with E-state index in [0.717, 1.165) is 11.7 Å². The number of rotatable bonds is 11. The van der Waals surface area contributed by atoms with Crippen LogP contribution in [0.5, 0.6) is 28.7 Å². The average Bonchev–Trinajstić information content (AvgIpc) is 3.54. The third-order valence-electron chi connectivity index (χ3n) is 6.87. The Kier molecular flexibility index (Phi) is 8.48. The van der Waals surface area contributed by atoms with E-state index in [-0.39, 0.29) is 35.5 Å². The molecular formula is C32H34N2O8S. The van der Waals surface area contributed by atoms with Crippen molar-refractivity contribution in [1.82, 2.24) is 8.75 Å². The maximum absolute atomic E-state index is 13.7. The second-order valence-corrected chi connectivity index (χ2v) is 11.1. The van der Waals surface area contributed by atoms with Gasteiger partial charge >= 0.3 is 5.97 Å². The molecule has 0 saturated heterocycles. The monoisotopic (exact) mass is 606 g/mol. The molecule has 11 heteroatoms. The number of fused-ring (bicyclic) bond motifs is 1. The second kappa shape index (κ2) is 12.1. The fourth-order valence-corrected chi connectivity index (χ4v) is 5.57. The van der Waals surface area contributed by atoms with E-state index in [1.54, 1.807) is 49.6 Å². The van der Waals surface area contributed by atoms with Gasteiger partial charge in [-0.15, -0.1) is 0 Å². The topological polar surface area (TPSA) is 118 Å². The van der Waals surface area contributed by atoms with Gasteiger partial charge in [-0.25, -0.2) is 4.79 Å². The lowest BCUT2D eigenvalue weighted by molar-refractivity contribution is -0.185. The maximum atomic E-state index is 13.7. The van der Waals surface area contributed by atoms with Crippen LogP contribution in [0.2, 0.25) is 0 Å². The van der Waals surface area contributed by atoms with Crippen LogP contribution in [0.1, 0.15) is 44.4 Å². The number of ether oxygens (including phenoxy) is 6. The summed E-state index contributed by atoms with van der Waals surface area (Å²) in [5.41, 5.74) is 3.32. The number of hydrogen-bond donors (Lipinski definition) is 1. The van der Waals surface area contributed by atoms with Gasteiger partial charge in [-0.2, -0.15) is 8.75 Å². The van der Waals surface area contributed by atoms with Crippen molar-refractivity contribution in [2.45, 2.75) is 52.1 Å². The highest BCUT2D eigenvalue weighted by atomic mass is 32.1. The maximum Gasteiger partial charge on any atom is 0.342 e. The molecule has 43 heavy (non-hydrogen) atoms. The molecular weight excluding hydrogens is 572 g/mol. The van der Waals surface area contributed by atoms with E-state index in [9.17, 15) is 9.90 Å². The van der Waals surface area contributed by atoms with E-state index in [1.165, 1.54) is 14.2 Å². The van der Waals surface area contributed by atoms with E-state index >= 15 is 0 Å². The summed E-state index contributed by atoms with van der Waals surface area (Å²) in [5, 5.41) is 12.3. The Morgan fingerprint density at radius 1 is 0.837 bits per heavy atom. The number of carbonyl (C=O) groups is 1. The molecule has 2 heterocycles. The number of aliphatic hydroxyl groups is 1. The summed E-state index contributed by atoms with van der Waals surface area (Å²) in [6.07, 6.45) is -0.195. The normalized spacial score (nSPS) is 16.7. The standard InChI is InChI=1S/C32H34N2O8S/c1-17(2)40-28-14-19(13-27(39-7)30(28)41-18(3)4)12-23-29(20-8-11-24-25(15-20)34-43-33-24)31(35)42-32(23,36)22-10-9-21(37-5)16-26(22)38-6/h8-11,13-18,36H,12H2,1-7H3. The Bertz CT molecular complexity index is 1700. The van der Waals surface area contributed by atoms with Crippen LogP contribution < -0.4 is 23.7 Å². The van der Waals surface area contributed by atoms with Crippen LogP contribution in [0.15, 0.2) is 54.1 Å². The molecule has 0 amide bonds. The highest BCUT2D eigenvalue weighted by molar-refractivity contribution is 7.00. The zero-order chi connectivity index (χ0) is 30.9. The zero-order valence-electron chi connectivity index (χ0n) is 25.1. The van der Waals surface area contributed by atoms with Crippen LogP contribution in [0.4, 0.5) is 0 Å². The number of carbonyl (C=O) groups excluding carboxylic acids is 1. The third kappa shape index (κ3) is 5.82. The molecule has 0 spiro atoms. The molecule has 4 aromatic rings. The molecule has 1 unspecified atom stereocenters. The third-order valence-corrected chi connectivity index (χ3v) is 7.43. The second-order valence-electron chi connectivity index (χ2n) is 10.6. The first-order valence-electron chi connectivity index (χ1n) is 13.8. The molecule has 1 aromatic heterocycles. The summed E-state index contributed by atoms with van der Waals surface area (Å²) in [6, 6.07) is 13.9. The first-order valence-corrected chi connectivity index (χ1v) is 14.5. The minimum Gasteiger partial charge on any atom is -0.497 e. The summed E-state index contributed by atoms with van der Waals surface area (Å²) in [5.74, 6) is -0.657. The van der Waals surface area contributed by atoms with Crippen LogP contribution in [0, 0.1) is 0 Å². The van der Waals surface area contributed by atoms with Crippen molar-refractivity contribution >= 4 is 34.3 Å². The van der Waals surface area contributed by atoms with E-state index in [2.05, 4.69) is 8.75 Å². The summed E-state index contributed by atoms with van der Waals surface area (Å²) >= 11 is 1.08. The van der Waals surface area contributed by atoms with Crippen molar-refractivity contribution in [1.29, 1.82) is 0 Å². The number of nitrogens with zero attached hydrogens (tertiary/aromatic N) is 2. The van der Waals surface area contributed by atoms with E-state index in [4.69, 9.17) is 28.4 Å². The first-order chi connectivity index (χ1) is 20.6. The van der Waals surface area contributed by atoms with Crippen LogP contribution >= 0.6 is 11.7 Å². The summed E-state index contributed by atoms with van der Waals surface area (Å²) in [6.45, 7) is 7.67. The van der Waals surface area contributed by atoms with Crippen molar-refractivity contribution < 1.29 is 38.3 Å². The van der Waals surface area contributed by atoms with Gasteiger partial charge in [0.1, 0.15) is 22.5 Å². The van der Waals surface area contributed by atoms with Crippen LogP contribution in [-0.4, -0.2) is 53.4 Å². The van der Waals surface area contributed by atoms with Crippen molar-refractivity contribution in [3.63, 3.8) is 0 Å². The quantitative estimate of drug-likeness (QED) is 0.213. The van der Waals surface area contributed by atoms with Crippen molar-refractivity contribution in [3.8, 4) is 28.7 Å². The van der Waals surface area contributed by atoms with Gasteiger partial charge in [0.25, 0.3) is 5.79 Å². The van der Waals surface area contributed by atoms with Gasteiger partial charge < -0.3 is 33.5 Å². The lowest BCUT2D eigenvalue weighted by Crippen LogP contribution is -2.30. The number of hydrogen-bond acceptors (Lipinski definition) is 11. The van der Waals surface area contributed by atoms with Crippen LogP contribution in [-0.2, 0) is 21.7 Å². The van der Waals surface area contributed by atoms with E-state index in [1.807, 2.05) is 33.8 Å². The fourth-order valence-electron chi connectivity index (χ4n) is 5.06. The number of cyclic esters (lactones) is 1. The van der Waals surface area contributed by atoms with E-state index in [0.29, 0.717) is 50.7 Å². The van der Waals surface area contributed by atoms with Crippen LogP contribution in [0.3, 0.4) is 0 Å². The Labute approximate surface area is 254 Å².